The van der Waals surface area contributed by atoms with Gasteiger partial charge in [-0.25, -0.2) is 5.10 Å². The molecule has 0 aliphatic heterocycles. The number of nitrogens with zero attached hydrogens (tertiary/aromatic N) is 1. The number of aromatic amines is 1. The molecule has 0 atom stereocenters. The summed E-state index contributed by atoms with van der Waals surface area (Å²) in [4.78, 5) is 11.4. The van der Waals surface area contributed by atoms with Crippen molar-refractivity contribution in [2.75, 3.05) is 0 Å². The average Bonchev–Trinajstić information content (AvgIpc) is 3.22. The van der Waals surface area contributed by atoms with Crippen LogP contribution in [0.1, 0.15) is 29.9 Å². The number of rotatable bonds is 2. The van der Waals surface area contributed by atoms with Crippen molar-refractivity contribution in [1.82, 2.24) is 10.2 Å². The lowest BCUT2D eigenvalue weighted by Crippen LogP contribution is -2.11. The number of benzene rings is 1. The first-order valence-corrected chi connectivity index (χ1v) is 6.71. The second-order valence-corrected chi connectivity index (χ2v) is 5.41. The van der Waals surface area contributed by atoms with E-state index in [0.29, 0.717) is 16.8 Å². The van der Waals surface area contributed by atoms with Gasteiger partial charge in [-0.1, -0.05) is 17.7 Å². The van der Waals surface area contributed by atoms with E-state index >= 15 is 0 Å². The smallest absolute Gasteiger partial charge is 0.268 e. The first-order valence-electron chi connectivity index (χ1n) is 6.33. The second kappa shape index (κ2) is 4.87. The molecule has 3 rings (SSSR count). The summed E-state index contributed by atoms with van der Waals surface area (Å²) in [6.07, 6.45) is -2.70. The fourth-order valence-electron chi connectivity index (χ4n) is 2.24. The van der Waals surface area contributed by atoms with Crippen LogP contribution in [0, 0.1) is 0 Å². The van der Waals surface area contributed by atoms with E-state index in [2.05, 4.69) is 10.2 Å². The summed E-state index contributed by atoms with van der Waals surface area (Å²) in [5.74, 6) is 0.194. The first-order chi connectivity index (χ1) is 9.86. The van der Waals surface area contributed by atoms with Gasteiger partial charge in [0, 0.05) is 11.6 Å². The lowest BCUT2D eigenvalue weighted by Gasteiger charge is -2.12. The Morgan fingerprint density at radius 2 is 1.95 bits per heavy atom. The summed E-state index contributed by atoms with van der Waals surface area (Å²) < 4.78 is 38.8. The molecule has 1 fully saturated rings. The van der Waals surface area contributed by atoms with Crippen molar-refractivity contribution in [3.8, 4) is 11.3 Å². The topological polar surface area (TPSA) is 45.8 Å². The maximum Gasteiger partial charge on any atom is 0.417 e. The Balaban J connectivity index is 2.15. The molecule has 3 nitrogen and oxygen atoms in total. The summed E-state index contributed by atoms with van der Waals surface area (Å²) >= 11 is 5.61. The van der Waals surface area contributed by atoms with E-state index in [1.54, 1.807) is 0 Å². The zero-order chi connectivity index (χ0) is 15.2. The molecule has 1 aliphatic rings. The lowest BCUT2D eigenvalue weighted by molar-refractivity contribution is -0.137. The SMILES string of the molecule is O=c1cc(C2CC2)c(-c2ccc(Cl)c(C(F)(F)F)c2)n[nH]1. The summed E-state index contributed by atoms with van der Waals surface area (Å²) in [5.41, 5.74) is 0.0976. The molecule has 2 aromatic rings. The van der Waals surface area contributed by atoms with Crippen LogP contribution in [0.3, 0.4) is 0 Å². The van der Waals surface area contributed by atoms with Gasteiger partial charge in [0.25, 0.3) is 5.56 Å². The van der Waals surface area contributed by atoms with Crippen LogP contribution in [0.15, 0.2) is 29.1 Å². The quantitative estimate of drug-likeness (QED) is 0.911. The average molecular weight is 315 g/mol. The Bertz CT molecular complexity index is 751. The number of H-pyrrole nitrogens is 1. The third-order valence-electron chi connectivity index (χ3n) is 3.40. The van der Waals surface area contributed by atoms with E-state index in [1.807, 2.05) is 0 Å². The Labute approximate surface area is 122 Å². The maximum absolute atomic E-state index is 12.9. The van der Waals surface area contributed by atoms with E-state index in [-0.39, 0.29) is 16.5 Å². The standard InChI is InChI=1S/C14H10ClF3N2O/c15-11-4-3-8(5-10(11)14(16,17)18)13-9(7-1-2-7)6-12(21)19-20-13/h3-7H,1-2H2,(H,19,21). The van der Waals surface area contributed by atoms with Crippen LogP contribution >= 0.6 is 11.6 Å². The molecule has 110 valence electrons. The predicted octanol–water partition coefficient (Wildman–Crippen LogP) is 3.99. The Morgan fingerprint density at radius 3 is 2.57 bits per heavy atom. The molecule has 0 amide bonds. The number of hydrogen-bond donors (Lipinski definition) is 1. The van der Waals surface area contributed by atoms with E-state index < -0.39 is 11.7 Å². The molecule has 0 bridgehead atoms. The normalized spacial score (nSPS) is 15.2. The van der Waals surface area contributed by atoms with Gasteiger partial charge in [0.05, 0.1) is 16.3 Å². The van der Waals surface area contributed by atoms with Crippen LogP contribution in [-0.4, -0.2) is 10.2 Å². The van der Waals surface area contributed by atoms with Crippen LogP contribution in [0.5, 0.6) is 0 Å². The number of halogens is 4. The molecular formula is C14H10ClF3N2O. The number of nitrogens with one attached hydrogen (secondary N) is 1. The Morgan fingerprint density at radius 1 is 1.24 bits per heavy atom. The second-order valence-electron chi connectivity index (χ2n) is 5.00. The monoisotopic (exact) mass is 314 g/mol. The minimum Gasteiger partial charge on any atom is -0.268 e. The van der Waals surface area contributed by atoms with Crippen LogP contribution in [0.2, 0.25) is 5.02 Å². The summed E-state index contributed by atoms with van der Waals surface area (Å²) in [7, 11) is 0. The minimum atomic E-state index is -4.53. The highest BCUT2D eigenvalue weighted by Gasteiger charge is 2.34. The molecular weight excluding hydrogens is 305 g/mol. The molecule has 0 unspecified atom stereocenters. The number of alkyl halides is 3. The van der Waals surface area contributed by atoms with E-state index in [4.69, 9.17) is 11.6 Å². The lowest BCUT2D eigenvalue weighted by atomic mass is 10.0. The highest BCUT2D eigenvalue weighted by Crippen LogP contribution is 2.44. The molecule has 0 saturated heterocycles. The van der Waals surface area contributed by atoms with Crippen molar-refractivity contribution in [3.05, 3.63) is 50.8 Å². The molecule has 1 N–H and O–H groups in total. The van der Waals surface area contributed by atoms with Gasteiger partial charge in [-0.05, 0) is 36.5 Å². The van der Waals surface area contributed by atoms with E-state index in [0.717, 1.165) is 18.9 Å². The van der Waals surface area contributed by atoms with Crippen molar-refractivity contribution in [3.63, 3.8) is 0 Å². The third kappa shape index (κ3) is 2.81. The molecule has 7 heteroatoms. The summed E-state index contributed by atoms with van der Waals surface area (Å²) in [6.45, 7) is 0. The molecule has 1 aliphatic carbocycles. The Kier molecular flexibility index (Phi) is 3.28. The van der Waals surface area contributed by atoms with E-state index in [1.165, 1.54) is 18.2 Å². The molecule has 1 heterocycles. The summed E-state index contributed by atoms with van der Waals surface area (Å²) in [5, 5.41) is 5.83. The van der Waals surface area contributed by atoms with Crippen LogP contribution in [0.4, 0.5) is 13.2 Å². The molecule has 21 heavy (non-hydrogen) atoms. The minimum absolute atomic E-state index is 0.194. The van der Waals surface area contributed by atoms with Gasteiger partial charge in [0.1, 0.15) is 0 Å². The van der Waals surface area contributed by atoms with Gasteiger partial charge in [-0.3, -0.25) is 4.79 Å². The first kappa shape index (κ1) is 14.1. The predicted molar refractivity (Wildman–Crippen MR) is 72.3 cm³/mol. The van der Waals surface area contributed by atoms with Crippen molar-refractivity contribution in [2.24, 2.45) is 0 Å². The molecule has 0 spiro atoms. The molecule has 0 radical (unpaired) electrons. The third-order valence-corrected chi connectivity index (χ3v) is 3.73. The highest BCUT2D eigenvalue weighted by atomic mass is 35.5. The van der Waals surface area contributed by atoms with E-state index in [9.17, 15) is 18.0 Å². The van der Waals surface area contributed by atoms with Gasteiger partial charge in [0.2, 0.25) is 0 Å². The number of aromatic nitrogens is 2. The molecule has 1 aromatic carbocycles. The molecule has 1 aromatic heterocycles. The van der Waals surface area contributed by atoms with Crippen molar-refractivity contribution in [1.29, 1.82) is 0 Å². The van der Waals surface area contributed by atoms with Crippen molar-refractivity contribution in [2.45, 2.75) is 24.9 Å². The van der Waals surface area contributed by atoms with Gasteiger partial charge in [0.15, 0.2) is 0 Å². The zero-order valence-corrected chi connectivity index (χ0v) is 11.4. The largest absolute Gasteiger partial charge is 0.417 e. The van der Waals surface area contributed by atoms with Crippen molar-refractivity contribution >= 4 is 11.6 Å². The van der Waals surface area contributed by atoms with Crippen molar-refractivity contribution < 1.29 is 13.2 Å². The fourth-order valence-corrected chi connectivity index (χ4v) is 2.47. The fraction of sp³-hybridized carbons (Fsp3) is 0.286. The highest BCUT2D eigenvalue weighted by molar-refractivity contribution is 6.31. The van der Waals surface area contributed by atoms with Crippen LogP contribution in [-0.2, 0) is 6.18 Å². The molecule has 1 saturated carbocycles. The zero-order valence-electron chi connectivity index (χ0n) is 10.7. The van der Waals surface area contributed by atoms with Gasteiger partial charge in [-0.2, -0.15) is 18.3 Å². The van der Waals surface area contributed by atoms with Crippen LogP contribution < -0.4 is 5.56 Å². The summed E-state index contributed by atoms with van der Waals surface area (Å²) in [6, 6.07) is 5.05. The van der Waals surface area contributed by atoms with Gasteiger partial charge >= 0.3 is 6.18 Å². The maximum atomic E-state index is 12.9. The van der Waals surface area contributed by atoms with Crippen LogP contribution in [0.25, 0.3) is 11.3 Å². The number of hydrogen-bond acceptors (Lipinski definition) is 2. The van der Waals surface area contributed by atoms with Gasteiger partial charge in [-0.15, -0.1) is 0 Å². The Hall–Kier alpha value is -1.82. The van der Waals surface area contributed by atoms with Gasteiger partial charge < -0.3 is 0 Å².